The van der Waals surface area contributed by atoms with E-state index in [1.807, 2.05) is 45.9 Å². The zero-order valence-corrected chi connectivity index (χ0v) is 11.7. The Morgan fingerprint density at radius 3 is 2.56 bits per heavy atom. The van der Waals surface area contributed by atoms with Gasteiger partial charge in [0.1, 0.15) is 0 Å². The van der Waals surface area contributed by atoms with Crippen molar-refractivity contribution in [1.82, 2.24) is 5.32 Å². The Balaban J connectivity index is 2.80. The normalized spacial score (nSPS) is 14.3. The molecule has 0 aliphatic rings. The summed E-state index contributed by atoms with van der Waals surface area (Å²) in [5.74, 6) is 0.0828. The molecule has 0 saturated heterocycles. The van der Waals surface area contributed by atoms with Crippen molar-refractivity contribution in [3.8, 4) is 0 Å². The second-order valence-corrected chi connectivity index (χ2v) is 4.86. The smallest absolute Gasteiger partial charge is 0.179 e. The highest BCUT2D eigenvalue weighted by Gasteiger charge is 2.19. The largest absolute Gasteiger partial charge is 0.395 e. The summed E-state index contributed by atoms with van der Waals surface area (Å²) in [6.07, 6.45) is 0.807. The molecule has 1 aromatic carbocycles. The molecule has 18 heavy (non-hydrogen) atoms. The lowest BCUT2D eigenvalue weighted by atomic mass is 9.98. The van der Waals surface area contributed by atoms with Gasteiger partial charge in [0.25, 0.3) is 0 Å². The molecule has 0 aliphatic heterocycles. The number of aliphatic hydroxyl groups excluding tert-OH is 1. The molecular formula is C15H23NO2. The van der Waals surface area contributed by atoms with Crippen LogP contribution in [0.15, 0.2) is 18.2 Å². The quantitative estimate of drug-likeness (QED) is 0.760. The van der Waals surface area contributed by atoms with Crippen molar-refractivity contribution in [2.24, 2.45) is 0 Å². The first kappa shape index (κ1) is 14.9. The minimum atomic E-state index is -0.275. The zero-order chi connectivity index (χ0) is 13.7. The first-order chi connectivity index (χ1) is 8.49. The van der Waals surface area contributed by atoms with Gasteiger partial charge in [-0.1, -0.05) is 30.7 Å². The van der Waals surface area contributed by atoms with Crippen LogP contribution in [0.2, 0.25) is 0 Å². The number of aryl methyl sites for hydroxylation is 2. The average Bonchev–Trinajstić information content (AvgIpc) is 2.34. The Morgan fingerprint density at radius 2 is 2.06 bits per heavy atom. The van der Waals surface area contributed by atoms with Crippen LogP contribution in [0.1, 0.15) is 41.8 Å². The van der Waals surface area contributed by atoms with E-state index in [2.05, 4.69) is 5.32 Å². The van der Waals surface area contributed by atoms with E-state index >= 15 is 0 Å². The Hall–Kier alpha value is -1.19. The predicted molar refractivity (Wildman–Crippen MR) is 74.0 cm³/mol. The predicted octanol–water partition coefficient (Wildman–Crippen LogP) is 2.24. The molecule has 100 valence electrons. The van der Waals surface area contributed by atoms with Crippen LogP contribution in [0.4, 0.5) is 0 Å². The molecule has 2 N–H and O–H groups in total. The summed E-state index contributed by atoms with van der Waals surface area (Å²) in [5, 5.41) is 12.3. The summed E-state index contributed by atoms with van der Waals surface area (Å²) in [5.41, 5.74) is 2.92. The van der Waals surface area contributed by atoms with E-state index in [9.17, 15) is 4.79 Å². The lowest BCUT2D eigenvalue weighted by Crippen LogP contribution is -2.43. The minimum Gasteiger partial charge on any atom is -0.395 e. The Kier molecular flexibility index (Phi) is 5.51. The van der Waals surface area contributed by atoms with Gasteiger partial charge in [0.05, 0.1) is 12.6 Å². The molecule has 0 spiro atoms. The number of Topliss-reactive ketones (excluding diaryl/α,β-unsaturated/α-hetero) is 1. The third kappa shape index (κ3) is 3.65. The van der Waals surface area contributed by atoms with Crippen LogP contribution in [-0.4, -0.2) is 29.6 Å². The van der Waals surface area contributed by atoms with Gasteiger partial charge in [-0.05, 0) is 32.8 Å². The Morgan fingerprint density at radius 1 is 1.39 bits per heavy atom. The lowest BCUT2D eigenvalue weighted by Gasteiger charge is -2.20. The Labute approximate surface area is 109 Å². The monoisotopic (exact) mass is 249 g/mol. The van der Waals surface area contributed by atoms with Crippen molar-refractivity contribution >= 4 is 5.78 Å². The fourth-order valence-electron chi connectivity index (χ4n) is 2.05. The average molecular weight is 249 g/mol. The highest BCUT2D eigenvalue weighted by atomic mass is 16.3. The van der Waals surface area contributed by atoms with Gasteiger partial charge in [-0.25, -0.2) is 0 Å². The van der Waals surface area contributed by atoms with Gasteiger partial charge in [-0.3, -0.25) is 4.79 Å². The van der Waals surface area contributed by atoms with Crippen LogP contribution in [0.25, 0.3) is 0 Å². The topological polar surface area (TPSA) is 49.3 Å². The number of carbonyl (C=O) groups is 1. The second kappa shape index (κ2) is 6.66. The van der Waals surface area contributed by atoms with Gasteiger partial charge in [0, 0.05) is 11.6 Å². The van der Waals surface area contributed by atoms with Crippen molar-refractivity contribution in [2.45, 2.75) is 46.2 Å². The van der Waals surface area contributed by atoms with E-state index in [0.29, 0.717) is 0 Å². The van der Waals surface area contributed by atoms with Crippen molar-refractivity contribution in [1.29, 1.82) is 0 Å². The molecular weight excluding hydrogens is 226 g/mol. The molecule has 2 unspecified atom stereocenters. The van der Waals surface area contributed by atoms with E-state index in [1.165, 1.54) is 0 Å². The molecule has 0 saturated carbocycles. The van der Waals surface area contributed by atoms with Crippen molar-refractivity contribution in [3.05, 3.63) is 34.9 Å². The summed E-state index contributed by atoms with van der Waals surface area (Å²) in [7, 11) is 0. The molecule has 0 aromatic heterocycles. The minimum absolute atomic E-state index is 0.0188. The summed E-state index contributed by atoms with van der Waals surface area (Å²) in [6, 6.07) is 5.56. The number of rotatable bonds is 6. The molecule has 1 rings (SSSR count). The third-order valence-corrected chi connectivity index (χ3v) is 3.24. The summed E-state index contributed by atoms with van der Waals surface area (Å²) < 4.78 is 0. The molecule has 0 amide bonds. The fourth-order valence-corrected chi connectivity index (χ4v) is 2.05. The standard InChI is InChI=1S/C15H23NO2/c1-5-13(9-17)16-12(4)15(18)14-7-6-10(2)8-11(14)3/h6-8,12-13,16-17H,5,9H2,1-4H3. The molecule has 1 aromatic rings. The van der Waals surface area contributed by atoms with Crippen LogP contribution in [0.5, 0.6) is 0 Å². The molecule has 0 aliphatic carbocycles. The van der Waals surface area contributed by atoms with Crippen molar-refractivity contribution in [2.75, 3.05) is 6.61 Å². The van der Waals surface area contributed by atoms with Crippen LogP contribution in [0.3, 0.4) is 0 Å². The van der Waals surface area contributed by atoms with Gasteiger partial charge >= 0.3 is 0 Å². The molecule has 0 heterocycles. The number of hydrogen-bond donors (Lipinski definition) is 2. The maximum atomic E-state index is 12.3. The summed E-state index contributed by atoms with van der Waals surface area (Å²) in [4.78, 5) is 12.3. The van der Waals surface area contributed by atoms with Crippen LogP contribution in [0, 0.1) is 13.8 Å². The summed E-state index contributed by atoms with van der Waals surface area (Å²) in [6.45, 7) is 7.86. The first-order valence-corrected chi connectivity index (χ1v) is 6.48. The molecule has 2 atom stereocenters. The van der Waals surface area contributed by atoms with Gasteiger partial charge in [0.15, 0.2) is 5.78 Å². The number of ketones is 1. The SMILES string of the molecule is CCC(CO)NC(C)C(=O)c1ccc(C)cc1C. The first-order valence-electron chi connectivity index (χ1n) is 6.48. The number of carbonyl (C=O) groups excluding carboxylic acids is 1. The maximum absolute atomic E-state index is 12.3. The maximum Gasteiger partial charge on any atom is 0.179 e. The van der Waals surface area contributed by atoms with Gasteiger partial charge in [0.2, 0.25) is 0 Å². The van der Waals surface area contributed by atoms with Gasteiger partial charge in [-0.15, -0.1) is 0 Å². The van der Waals surface area contributed by atoms with E-state index in [0.717, 1.165) is 23.1 Å². The van der Waals surface area contributed by atoms with Crippen LogP contribution < -0.4 is 5.32 Å². The van der Waals surface area contributed by atoms with Crippen LogP contribution in [-0.2, 0) is 0 Å². The van der Waals surface area contributed by atoms with Crippen molar-refractivity contribution in [3.63, 3.8) is 0 Å². The van der Waals surface area contributed by atoms with E-state index < -0.39 is 0 Å². The highest BCUT2D eigenvalue weighted by Crippen LogP contribution is 2.13. The molecule has 0 fully saturated rings. The highest BCUT2D eigenvalue weighted by molar-refractivity contribution is 6.01. The molecule has 0 bridgehead atoms. The molecule has 3 heteroatoms. The van der Waals surface area contributed by atoms with E-state index in [4.69, 9.17) is 5.11 Å². The number of nitrogens with one attached hydrogen (secondary N) is 1. The second-order valence-electron chi connectivity index (χ2n) is 4.86. The fraction of sp³-hybridized carbons (Fsp3) is 0.533. The van der Waals surface area contributed by atoms with Gasteiger partial charge in [-0.2, -0.15) is 0 Å². The number of benzene rings is 1. The lowest BCUT2D eigenvalue weighted by molar-refractivity contribution is 0.0935. The summed E-state index contributed by atoms with van der Waals surface area (Å²) >= 11 is 0. The Bertz CT molecular complexity index is 411. The third-order valence-electron chi connectivity index (χ3n) is 3.24. The van der Waals surface area contributed by atoms with E-state index in [-0.39, 0.29) is 24.5 Å². The van der Waals surface area contributed by atoms with Crippen molar-refractivity contribution < 1.29 is 9.90 Å². The zero-order valence-electron chi connectivity index (χ0n) is 11.7. The molecule has 0 radical (unpaired) electrons. The van der Waals surface area contributed by atoms with Gasteiger partial charge < -0.3 is 10.4 Å². The molecule has 3 nitrogen and oxygen atoms in total. The number of aliphatic hydroxyl groups is 1. The van der Waals surface area contributed by atoms with Crippen LogP contribution >= 0.6 is 0 Å². The van der Waals surface area contributed by atoms with E-state index in [1.54, 1.807) is 0 Å². The number of hydrogen-bond acceptors (Lipinski definition) is 3.